The fraction of sp³-hybridized carbons (Fsp3) is 0.167. The molecule has 1 N–H and O–H groups in total. The van der Waals surface area contributed by atoms with Crippen LogP contribution >= 0.6 is 0 Å². The van der Waals surface area contributed by atoms with Crippen molar-refractivity contribution >= 4 is 11.5 Å². The minimum absolute atomic E-state index is 0.0148. The Morgan fingerprint density at radius 2 is 1.76 bits per heavy atom. The van der Waals surface area contributed by atoms with Gasteiger partial charge in [-0.3, -0.25) is 4.79 Å². The van der Waals surface area contributed by atoms with E-state index < -0.39 is 0 Å². The predicted molar refractivity (Wildman–Crippen MR) is 82.8 cm³/mol. The molecule has 1 aliphatic rings. The molecule has 0 aliphatic carbocycles. The third kappa shape index (κ3) is 2.42. The van der Waals surface area contributed by atoms with Crippen molar-refractivity contribution in [3.05, 3.63) is 71.3 Å². The molecule has 0 atom stereocenters. The largest absolute Gasteiger partial charge is 0.507 e. The number of phenolic OH excluding ortho intramolecular Hbond substituents is 1. The monoisotopic (exact) mass is 279 g/mol. The van der Waals surface area contributed by atoms with E-state index in [0.29, 0.717) is 18.7 Å². The summed E-state index contributed by atoms with van der Waals surface area (Å²) in [5, 5.41) is 9.99. The first-order valence-corrected chi connectivity index (χ1v) is 6.91. The topological polar surface area (TPSA) is 40.5 Å². The summed E-state index contributed by atoms with van der Waals surface area (Å²) in [5.41, 5.74) is 4.41. The Balaban J connectivity index is 1.90. The molecule has 0 saturated heterocycles. The average Bonchev–Trinajstić information content (AvgIpc) is 2.90. The van der Waals surface area contributed by atoms with Gasteiger partial charge in [-0.15, -0.1) is 0 Å². The van der Waals surface area contributed by atoms with Crippen molar-refractivity contribution in [2.24, 2.45) is 0 Å². The molecule has 2 aromatic rings. The van der Waals surface area contributed by atoms with Crippen LogP contribution in [-0.2, 0) is 13.1 Å². The van der Waals surface area contributed by atoms with Crippen LogP contribution in [-0.4, -0.2) is 15.9 Å². The van der Waals surface area contributed by atoms with Crippen LogP contribution < -0.4 is 0 Å². The van der Waals surface area contributed by atoms with Crippen LogP contribution in [0.25, 0.3) is 5.57 Å². The summed E-state index contributed by atoms with van der Waals surface area (Å²) in [4.78, 5) is 14.4. The molecular weight excluding hydrogens is 262 g/mol. The van der Waals surface area contributed by atoms with Crippen molar-refractivity contribution in [2.75, 3.05) is 0 Å². The second kappa shape index (κ2) is 5.09. The summed E-state index contributed by atoms with van der Waals surface area (Å²) in [5.74, 6) is -0.132. The van der Waals surface area contributed by atoms with Crippen molar-refractivity contribution in [1.82, 2.24) is 4.90 Å². The fourth-order valence-electron chi connectivity index (χ4n) is 2.62. The lowest BCUT2D eigenvalue weighted by molar-refractivity contribution is 0.0748. The molecule has 0 unspecified atom stereocenters. The van der Waals surface area contributed by atoms with E-state index in [1.165, 1.54) is 11.1 Å². The molecule has 1 amide bonds. The van der Waals surface area contributed by atoms with Crippen LogP contribution in [0.5, 0.6) is 5.75 Å². The van der Waals surface area contributed by atoms with Crippen LogP contribution in [0.15, 0.2) is 49.0 Å². The first-order valence-electron chi connectivity index (χ1n) is 6.91. The molecule has 0 aromatic heterocycles. The maximum Gasteiger partial charge on any atom is 0.258 e. The number of nitrogens with zero attached hydrogens (tertiary/aromatic N) is 1. The SMILES string of the molecule is C=C(C)c1ccc(O)c(C(=O)N2Cc3ccccc3C2)c1. The second-order valence-corrected chi connectivity index (χ2v) is 5.44. The number of phenols is 1. The molecule has 2 aromatic carbocycles. The van der Waals surface area contributed by atoms with Crippen LogP contribution in [0, 0.1) is 0 Å². The minimum atomic E-state index is -0.146. The highest BCUT2D eigenvalue weighted by Gasteiger charge is 2.25. The zero-order valence-electron chi connectivity index (χ0n) is 12.0. The third-order valence-corrected chi connectivity index (χ3v) is 3.85. The fourth-order valence-corrected chi connectivity index (χ4v) is 2.62. The van der Waals surface area contributed by atoms with Crippen molar-refractivity contribution in [1.29, 1.82) is 0 Å². The Kier molecular flexibility index (Phi) is 3.26. The van der Waals surface area contributed by atoms with E-state index in [0.717, 1.165) is 11.1 Å². The van der Waals surface area contributed by atoms with Gasteiger partial charge in [0.05, 0.1) is 5.56 Å². The Hall–Kier alpha value is -2.55. The summed E-state index contributed by atoms with van der Waals surface area (Å²) in [7, 11) is 0. The van der Waals surface area contributed by atoms with Gasteiger partial charge in [-0.25, -0.2) is 0 Å². The molecule has 0 spiro atoms. The molecule has 3 nitrogen and oxygen atoms in total. The van der Waals surface area contributed by atoms with Gasteiger partial charge in [0.25, 0.3) is 5.91 Å². The van der Waals surface area contributed by atoms with E-state index in [1.807, 2.05) is 31.2 Å². The average molecular weight is 279 g/mol. The summed E-state index contributed by atoms with van der Waals surface area (Å²) in [6, 6.07) is 13.1. The molecule has 0 radical (unpaired) electrons. The van der Waals surface area contributed by atoms with Crippen molar-refractivity contribution < 1.29 is 9.90 Å². The number of hydrogen-bond acceptors (Lipinski definition) is 2. The predicted octanol–water partition coefficient (Wildman–Crippen LogP) is 3.58. The van der Waals surface area contributed by atoms with E-state index in [9.17, 15) is 9.90 Å². The maximum absolute atomic E-state index is 12.6. The molecule has 3 heteroatoms. The summed E-state index contributed by atoms with van der Waals surface area (Å²) in [6.07, 6.45) is 0. The lowest BCUT2D eigenvalue weighted by Gasteiger charge is -2.17. The first-order chi connectivity index (χ1) is 10.1. The molecule has 1 heterocycles. The molecular formula is C18H17NO2. The molecule has 0 bridgehead atoms. The number of fused-ring (bicyclic) bond motifs is 1. The number of carbonyl (C=O) groups is 1. The van der Waals surface area contributed by atoms with E-state index in [1.54, 1.807) is 23.1 Å². The molecule has 106 valence electrons. The first kappa shape index (κ1) is 13.4. The zero-order valence-corrected chi connectivity index (χ0v) is 12.0. The van der Waals surface area contributed by atoms with E-state index in [2.05, 4.69) is 6.58 Å². The lowest BCUT2D eigenvalue weighted by Crippen LogP contribution is -2.25. The number of hydrogen-bond donors (Lipinski definition) is 1. The van der Waals surface area contributed by atoms with Gasteiger partial charge in [-0.1, -0.05) is 42.5 Å². The number of rotatable bonds is 2. The molecule has 0 saturated carbocycles. The highest BCUT2D eigenvalue weighted by molar-refractivity contribution is 5.98. The van der Waals surface area contributed by atoms with Crippen molar-refractivity contribution in [3.63, 3.8) is 0 Å². The van der Waals surface area contributed by atoms with Gasteiger partial charge < -0.3 is 10.0 Å². The Bertz CT molecular complexity index is 709. The summed E-state index contributed by atoms with van der Waals surface area (Å²) in [6.45, 7) is 6.94. The van der Waals surface area contributed by atoms with Gasteiger partial charge >= 0.3 is 0 Å². The van der Waals surface area contributed by atoms with Gasteiger partial charge in [-0.2, -0.15) is 0 Å². The minimum Gasteiger partial charge on any atom is -0.507 e. The van der Waals surface area contributed by atoms with E-state index in [-0.39, 0.29) is 11.7 Å². The smallest absolute Gasteiger partial charge is 0.258 e. The summed E-state index contributed by atoms with van der Waals surface area (Å²) < 4.78 is 0. The zero-order chi connectivity index (χ0) is 15.0. The molecule has 3 rings (SSSR count). The standard InChI is InChI=1S/C18H17NO2/c1-12(2)13-7-8-17(20)16(9-13)18(21)19-10-14-5-3-4-6-15(14)11-19/h3-9,20H,1,10-11H2,2H3. The van der Waals surface area contributed by atoms with Crippen LogP contribution in [0.1, 0.15) is 34.0 Å². The van der Waals surface area contributed by atoms with Gasteiger partial charge in [0.2, 0.25) is 0 Å². The number of benzene rings is 2. The van der Waals surface area contributed by atoms with E-state index in [4.69, 9.17) is 0 Å². The molecule has 21 heavy (non-hydrogen) atoms. The number of allylic oxidation sites excluding steroid dienone is 1. The van der Waals surface area contributed by atoms with Crippen LogP contribution in [0.3, 0.4) is 0 Å². The van der Waals surface area contributed by atoms with Crippen LogP contribution in [0.4, 0.5) is 0 Å². The van der Waals surface area contributed by atoms with Gasteiger partial charge in [-0.05, 0) is 35.7 Å². The van der Waals surface area contributed by atoms with Gasteiger partial charge in [0.15, 0.2) is 0 Å². The Labute approximate surface area is 124 Å². The highest BCUT2D eigenvalue weighted by atomic mass is 16.3. The number of carbonyl (C=O) groups excluding carboxylic acids is 1. The Morgan fingerprint density at radius 3 is 2.33 bits per heavy atom. The molecule has 0 fully saturated rings. The second-order valence-electron chi connectivity index (χ2n) is 5.44. The third-order valence-electron chi connectivity index (χ3n) is 3.85. The normalized spacial score (nSPS) is 13.1. The maximum atomic E-state index is 12.6. The number of aromatic hydroxyl groups is 1. The summed E-state index contributed by atoms with van der Waals surface area (Å²) >= 11 is 0. The van der Waals surface area contributed by atoms with E-state index >= 15 is 0 Å². The van der Waals surface area contributed by atoms with Gasteiger partial charge in [0, 0.05) is 13.1 Å². The van der Waals surface area contributed by atoms with Gasteiger partial charge in [0.1, 0.15) is 5.75 Å². The molecule has 1 aliphatic heterocycles. The number of amides is 1. The Morgan fingerprint density at radius 1 is 1.14 bits per heavy atom. The quantitative estimate of drug-likeness (QED) is 0.912. The van der Waals surface area contributed by atoms with Crippen LogP contribution in [0.2, 0.25) is 0 Å². The van der Waals surface area contributed by atoms with Crippen molar-refractivity contribution in [2.45, 2.75) is 20.0 Å². The van der Waals surface area contributed by atoms with Crippen molar-refractivity contribution in [3.8, 4) is 5.75 Å². The lowest BCUT2D eigenvalue weighted by atomic mass is 10.0. The highest BCUT2D eigenvalue weighted by Crippen LogP contribution is 2.28.